The minimum atomic E-state index is -5.69. The zero-order chi connectivity index (χ0) is 30.0. The minimum absolute atomic E-state index is 0.292. The Labute approximate surface area is 229 Å². The third kappa shape index (κ3) is 6.08. The van der Waals surface area contributed by atoms with Crippen LogP contribution in [0.2, 0.25) is 0 Å². The van der Waals surface area contributed by atoms with Crippen LogP contribution in [0.15, 0.2) is 29.3 Å². The second kappa shape index (κ2) is 10.6. The maximum absolute atomic E-state index is 12.1. The van der Waals surface area contributed by atoms with Crippen LogP contribution in [0.1, 0.15) is 13.2 Å². The first-order valence-electron chi connectivity index (χ1n) is 10.9. The molecular formula is C17H19N4O16P3S. The number of aromatic nitrogens is 4. The Morgan fingerprint density at radius 3 is 2.59 bits per heavy atom. The summed E-state index contributed by atoms with van der Waals surface area (Å²) in [6, 6.07) is 3.40. The average molecular weight is 660 g/mol. The summed E-state index contributed by atoms with van der Waals surface area (Å²) in [4.78, 5) is 46.3. The van der Waals surface area contributed by atoms with Gasteiger partial charge in [-0.1, -0.05) is 11.3 Å². The zero-order valence-corrected chi connectivity index (χ0v) is 23.6. The Morgan fingerprint density at radius 1 is 1.17 bits per heavy atom. The van der Waals surface area contributed by atoms with Crippen molar-refractivity contribution in [2.45, 2.75) is 31.0 Å². The van der Waals surface area contributed by atoms with Gasteiger partial charge in [-0.2, -0.15) is 9.41 Å². The van der Waals surface area contributed by atoms with Gasteiger partial charge in [-0.25, -0.2) is 28.6 Å². The van der Waals surface area contributed by atoms with Gasteiger partial charge in [-0.15, -0.1) is 14.0 Å². The van der Waals surface area contributed by atoms with Crippen molar-refractivity contribution in [3.63, 3.8) is 0 Å². The van der Waals surface area contributed by atoms with Crippen molar-refractivity contribution in [2.75, 3.05) is 6.61 Å². The molecule has 0 spiro atoms. The van der Waals surface area contributed by atoms with Gasteiger partial charge in [0.15, 0.2) is 6.23 Å². The Morgan fingerprint density at radius 2 is 1.88 bits per heavy atom. The van der Waals surface area contributed by atoms with E-state index in [1.807, 2.05) is 0 Å². The summed E-state index contributed by atoms with van der Waals surface area (Å²) in [7, 11) is -16.6. The fourth-order valence-electron chi connectivity index (χ4n) is 4.12. The molecule has 0 radical (unpaired) electrons. The van der Waals surface area contributed by atoms with E-state index >= 15 is 0 Å². The van der Waals surface area contributed by atoms with E-state index in [9.17, 15) is 38.5 Å². The van der Waals surface area contributed by atoms with Crippen LogP contribution in [-0.2, 0) is 41.3 Å². The topological polar surface area (TPSA) is 292 Å². The molecular weight excluding hydrogens is 641 g/mol. The molecule has 4 heterocycles. The average Bonchev–Trinajstić information content (AvgIpc) is 3.51. The van der Waals surface area contributed by atoms with E-state index in [1.165, 1.54) is 24.0 Å². The highest BCUT2D eigenvalue weighted by Crippen LogP contribution is 2.62. The normalized spacial score (nSPS) is 27.7. The van der Waals surface area contributed by atoms with Gasteiger partial charge in [-0.05, 0) is 19.1 Å². The van der Waals surface area contributed by atoms with Gasteiger partial charge in [0.05, 0.1) is 6.61 Å². The van der Waals surface area contributed by atoms with Crippen LogP contribution >= 0.6 is 34.8 Å². The minimum Gasteiger partial charge on any atom is -0.387 e. The summed E-state index contributed by atoms with van der Waals surface area (Å²) < 4.78 is 60.5. The number of hydrogen-bond donors (Lipinski definition) is 7. The van der Waals surface area contributed by atoms with Gasteiger partial charge in [0, 0.05) is 33.3 Å². The Bertz CT molecular complexity index is 1840. The number of rotatable bonds is 10. The van der Waals surface area contributed by atoms with E-state index in [0.29, 0.717) is 32.0 Å². The van der Waals surface area contributed by atoms with Crippen molar-refractivity contribution in [3.8, 4) is 0 Å². The maximum Gasteiger partial charge on any atom is 0.508 e. The van der Waals surface area contributed by atoms with Crippen LogP contribution in [0, 0.1) is 0 Å². The van der Waals surface area contributed by atoms with E-state index in [0.717, 1.165) is 11.3 Å². The van der Waals surface area contributed by atoms with Gasteiger partial charge in [0.1, 0.15) is 29.0 Å². The molecule has 3 unspecified atom stereocenters. The van der Waals surface area contributed by atoms with Crippen LogP contribution in [0.4, 0.5) is 0 Å². The van der Waals surface area contributed by atoms with E-state index in [1.54, 1.807) is 12.1 Å². The molecule has 41 heavy (non-hydrogen) atoms. The van der Waals surface area contributed by atoms with Crippen molar-refractivity contribution in [2.24, 2.45) is 0 Å². The second-order valence-corrected chi connectivity index (χ2v) is 13.9. The van der Waals surface area contributed by atoms with Crippen LogP contribution < -0.4 is 4.87 Å². The molecule has 20 nitrogen and oxygen atoms in total. The van der Waals surface area contributed by atoms with Crippen molar-refractivity contribution in [1.29, 1.82) is 0 Å². The number of nitrogens with zero attached hydrogens (tertiary/aromatic N) is 3. The number of H-pyrrole nitrogens is 1. The van der Waals surface area contributed by atoms with E-state index in [2.05, 4.69) is 37.9 Å². The molecule has 7 atom stereocenters. The highest BCUT2D eigenvalue weighted by atomic mass is 32.1. The first kappa shape index (κ1) is 30.5. The molecule has 1 aliphatic rings. The molecule has 0 saturated carbocycles. The van der Waals surface area contributed by atoms with E-state index < -0.39 is 54.1 Å². The lowest BCUT2D eigenvalue weighted by atomic mass is 9.97. The predicted molar refractivity (Wildman–Crippen MR) is 134 cm³/mol. The molecule has 3 aromatic heterocycles. The molecule has 1 aliphatic heterocycles. The first-order valence-corrected chi connectivity index (χ1v) is 16.2. The number of hydrogen-bond acceptors (Lipinski definition) is 16. The Balaban J connectivity index is 1.33. The molecule has 5 rings (SSSR count). The molecule has 1 aromatic carbocycles. The maximum atomic E-state index is 12.1. The van der Waals surface area contributed by atoms with Crippen molar-refractivity contribution in [3.05, 3.63) is 34.2 Å². The number of aromatic amines is 1. The molecule has 0 bridgehead atoms. The van der Waals surface area contributed by atoms with E-state index in [4.69, 9.17) is 14.9 Å². The van der Waals surface area contributed by atoms with Crippen LogP contribution in [-0.4, -0.2) is 74.3 Å². The molecule has 0 aliphatic carbocycles. The summed E-state index contributed by atoms with van der Waals surface area (Å²) in [5.41, 5.74) is -1.25. The molecule has 24 heteroatoms. The lowest BCUT2D eigenvalue weighted by Gasteiger charge is -2.26. The Kier molecular flexibility index (Phi) is 7.89. The monoisotopic (exact) mass is 660 g/mol. The number of phosphoric acid groups is 3. The molecule has 1 saturated heterocycles. The van der Waals surface area contributed by atoms with E-state index in [-0.39, 0.29) is 4.87 Å². The van der Waals surface area contributed by atoms with Gasteiger partial charge in [0.2, 0.25) is 0 Å². The predicted octanol–water partition coefficient (Wildman–Crippen LogP) is 1.27. The molecule has 4 aromatic rings. The number of phosphoric ester groups is 1. The quantitative estimate of drug-likeness (QED) is 0.0715. The fourth-order valence-corrected chi connectivity index (χ4v) is 7.23. The van der Waals surface area contributed by atoms with Gasteiger partial charge in [0.25, 0.3) is 0 Å². The third-order valence-electron chi connectivity index (χ3n) is 5.86. The molecule has 7 N–H and O–H groups in total. The number of fused-ring (bicyclic) bond motifs is 2. The van der Waals surface area contributed by atoms with Crippen molar-refractivity contribution < 1.29 is 71.4 Å². The fraction of sp³-hybridized carbons (Fsp3) is 0.353. The largest absolute Gasteiger partial charge is 0.508 e. The highest BCUT2D eigenvalue weighted by molar-refractivity contribution is 7.61. The lowest BCUT2D eigenvalue weighted by Crippen LogP contribution is -2.44. The number of aliphatic hydroxyl groups is 2. The molecule has 0 amide bonds. The summed E-state index contributed by atoms with van der Waals surface area (Å²) >= 11 is 0.987. The SMILES string of the molecule is C[C@@]1(O)[C@H](O)[C@@H](COP(=O)(O)OOP(=O)(O)OP(=O)(O)OO)O[C@H]1n1cc2ccc3sc(=O)[nH]c4ncc(c2n1)c43. The summed E-state index contributed by atoms with van der Waals surface area (Å²) in [5, 5.41) is 36.1. The third-order valence-corrected chi connectivity index (χ3v) is 9.68. The van der Waals surface area contributed by atoms with Crippen molar-refractivity contribution in [1.82, 2.24) is 19.7 Å². The molecule has 1 fully saturated rings. The van der Waals surface area contributed by atoms with Crippen LogP contribution in [0.25, 0.3) is 32.0 Å². The van der Waals surface area contributed by atoms with Crippen molar-refractivity contribution >= 4 is 66.8 Å². The van der Waals surface area contributed by atoms with Gasteiger partial charge < -0.3 is 29.6 Å². The Hall–Kier alpha value is -2.00. The number of ether oxygens (including phenoxy) is 1. The smallest absolute Gasteiger partial charge is 0.387 e. The molecule has 224 valence electrons. The highest BCUT2D eigenvalue weighted by Gasteiger charge is 2.54. The first-order chi connectivity index (χ1) is 19.0. The number of aliphatic hydroxyl groups excluding tert-OH is 1. The van der Waals surface area contributed by atoms with Crippen LogP contribution in [0.3, 0.4) is 0 Å². The number of nitrogens with one attached hydrogen (secondary N) is 1. The summed E-state index contributed by atoms with van der Waals surface area (Å²) in [6.07, 6.45) is -1.56. The summed E-state index contributed by atoms with van der Waals surface area (Å²) in [6.45, 7) is 0.263. The van der Waals surface area contributed by atoms with Gasteiger partial charge >= 0.3 is 28.3 Å². The second-order valence-electron chi connectivity index (χ2n) is 8.73. The van der Waals surface area contributed by atoms with Gasteiger partial charge in [-0.3, -0.25) is 14.3 Å². The zero-order valence-electron chi connectivity index (χ0n) is 20.1. The summed E-state index contributed by atoms with van der Waals surface area (Å²) in [5.74, 6) is 0. The standard InChI is InChI=1S/C17H19N4O16P3S/c1-17(24)13(22)9(6-32-38(26,27)35-36-40(30,31)37-39(28,29)34-25)33-15(17)21-5-7-2-3-10-11-8(12(7)20-21)4-18-14(11)19-16(23)41-10/h2-5,9,13,15,22,24-25H,6H2,1H3,(H,26,27)(H,28,29)(H,30,31)(H,18,19,23)/t9-,13-,15-,17-/m1/s1. The lowest BCUT2D eigenvalue weighted by molar-refractivity contribution is -0.169. The van der Waals surface area contributed by atoms with Crippen LogP contribution in [0.5, 0.6) is 0 Å².